The van der Waals surface area contributed by atoms with Crippen molar-refractivity contribution in [1.82, 2.24) is 0 Å². The lowest BCUT2D eigenvalue weighted by Crippen LogP contribution is -2.15. The molecule has 86 valence electrons. The molecule has 0 aromatic heterocycles. The van der Waals surface area contributed by atoms with Gasteiger partial charge >= 0.3 is 0 Å². The number of halogens is 1. The first-order valence-electron chi connectivity index (χ1n) is 6.21. The molecule has 1 saturated carbocycles. The molecule has 2 fully saturated rings. The number of benzene rings is 1. The minimum atomic E-state index is 0.624. The van der Waals surface area contributed by atoms with Gasteiger partial charge in [-0.05, 0) is 48.8 Å². The van der Waals surface area contributed by atoms with E-state index in [1.807, 2.05) is 0 Å². The zero-order valence-electron chi connectivity index (χ0n) is 9.42. The second kappa shape index (κ2) is 4.50. The van der Waals surface area contributed by atoms with Gasteiger partial charge in [-0.2, -0.15) is 0 Å². The van der Waals surface area contributed by atoms with E-state index in [0.29, 0.717) is 5.92 Å². The smallest absolute Gasteiger partial charge is 0.0534 e. The third-order valence-corrected chi connectivity index (χ3v) is 4.39. The van der Waals surface area contributed by atoms with Crippen molar-refractivity contribution in [1.29, 1.82) is 0 Å². The maximum Gasteiger partial charge on any atom is 0.0534 e. The lowest BCUT2D eigenvalue weighted by atomic mass is 9.92. The highest BCUT2D eigenvalue weighted by Gasteiger charge is 2.26. The standard InChI is InChI=1S/C14H17BrO/c15-14-6-5-11(8-13(14)10-3-4-10)12-2-1-7-16-9-12/h5-6,8,10,12H,1-4,7,9H2. The Labute approximate surface area is 105 Å². The maximum atomic E-state index is 5.57. The first-order valence-corrected chi connectivity index (χ1v) is 7.01. The lowest BCUT2D eigenvalue weighted by Gasteiger charge is -2.23. The van der Waals surface area contributed by atoms with Gasteiger partial charge in [0.15, 0.2) is 0 Å². The summed E-state index contributed by atoms with van der Waals surface area (Å²) in [6.45, 7) is 1.86. The summed E-state index contributed by atoms with van der Waals surface area (Å²) >= 11 is 3.66. The summed E-state index contributed by atoms with van der Waals surface area (Å²) in [7, 11) is 0. The van der Waals surface area contributed by atoms with E-state index in [1.54, 1.807) is 0 Å². The van der Waals surface area contributed by atoms with E-state index >= 15 is 0 Å². The molecule has 0 spiro atoms. The highest BCUT2D eigenvalue weighted by molar-refractivity contribution is 9.10. The average Bonchev–Trinajstić information content (AvgIpc) is 3.15. The molecular weight excluding hydrogens is 264 g/mol. The molecule has 0 radical (unpaired) electrons. The van der Waals surface area contributed by atoms with Crippen molar-refractivity contribution in [3.8, 4) is 0 Å². The van der Waals surface area contributed by atoms with Crippen molar-refractivity contribution in [3.63, 3.8) is 0 Å². The highest BCUT2D eigenvalue weighted by Crippen LogP contribution is 2.44. The Morgan fingerprint density at radius 1 is 1.12 bits per heavy atom. The van der Waals surface area contributed by atoms with Crippen LogP contribution in [0.1, 0.15) is 48.6 Å². The Bertz CT molecular complexity index is 378. The first-order chi connectivity index (χ1) is 7.84. The van der Waals surface area contributed by atoms with Gasteiger partial charge < -0.3 is 4.74 Å². The van der Waals surface area contributed by atoms with Crippen molar-refractivity contribution < 1.29 is 4.74 Å². The van der Waals surface area contributed by atoms with Gasteiger partial charge in [-0.25, -0.2) is 0 Å². The van der Waals surface area contributed by atoms with Crippen LogP contribution in [0.15, 0.2) is 22.7 Å². The molecule has 16 heavy (non-hydrogen) atoms. The fourth-order valence-corrected chi connectivity index (χ4v) is 3.10. The maximum absolute atomic E-state index is 5.57. The molecule has 1 saturated heterocycles. The van der Waals surface area contributed by atoms with Crippen LogP contribution in [-0.2, 0) is 4.74 Å². The molecule has 1 unspecified atom stereocenters. The zero-order chi connectivity index (χ0) is 11.0. The summed E-state index contributed by atoms with van der Waals surface area (Å²) in [6, 6.07) is 6.88. The van der Waals surface area contributed by atoms with Crippen LogP contribution in [-0.4, -0.2) is 13.2 Å². The van der Waals surface area contributed by atoms with E-state index in [2.05, 4.69) is 34.1 Å². The third kappa shape index (κ3) is 2.18. The Kier molecular flexibility index (Phi) is 3.03. The Morgan fingerprint density at radius 3 is 2.69 bits per heavy atom. The number of rotatable bonds is 2. The minimum absolute atomic E-state index is 0.624. The summed E-state index contributed by atoms with van der Waals surface area (Å²) in [5.41, 5.74) is 2.99. The molecule has 0 N–H and O–H groups in total. The van der Waals surface area contributed by atoms with E-state index in [1.165, 1.54) is 41.3 Å². The molecule has 3 rings (SSSR count). The largest absolute Gasteiger partial charge is 0.381 e. The first kappa shape index (κ1) is 10.8. The molecule has 2 aliphatic rings. The van der Waals surface area contributed by atoms with E-state index in [0.717, 1.165) is 19.1 Å². The van der Waals surface area contributed by atoms with Crippen LogP contribution in [0.4, 0.5) is 0 Å². The van der Waals surface area contributed by atoms with Crippen LogP contribution in [0.3, 0.4) is 0 Å². The monoisotopic (exact) mass is 280 g/mol. The van der Waals surface area contributed by atoms with Crippen LogP contribution in [0.5, 0.6) is 0 Å². The Morgan fingerprint density at radius 2 is 2.00 bits per heavy atom. The summed E-state index contributed by atoms with van der Waals surface area (Å²) in [5.74, 6) is 1.44. The molecule has 1 aliphatic carbocycles. The van der Waals surface area contributed by atoms with Crippen LogP contribution >= 0.6 is 15.9 Å². The lowest BCUT2D eigenvalue weighted by molar-refractivity contribution is 0.0804. The molecule has 1 aromatic rings. The quantitative estimate of drug-likeness (QED) is 0.788. The summed E-state index contributed by atoms with van der Waals surface area (Å²) in [6.07, 6.45) is 5.22. The number of hydrogen-bond acceptors (Lipinski definition) is 1. The molecule has 1 nitrogen and oxygen atoms in total. The molecule has 1 aromatic carbocycles. The van der Waals surface area contributed by atoms with Gasteiger partial charge in [-0.1, -0.05) is 28.1 Å². The van der Waals surface area contributed by atoms with Crippen LogP contribution in [0, 0.1) is 0 Å². The summed E-state index contributed by atoms with van der Waals surface area (Å²) < 4.78 is 6.86. The van der Waals surface area contributed by atoms with Gasteiger partial charge in [0, 0.05) is 17.0 Å². The van der Waals surface area contributed by atoms with Crippen molar-refractivity contribution in [2.24, 2.45) is 0 Å². The van der Waals surface area contributed by atoms with Crippen molar-refractivity contribution in [2.45, 2.75) is 37.5 Å². The van der Waals surface area contributed by atoms with Crippen molar-refractivity contribution in [2.75, 3.05) is 13.2 Å². The summed E-state index contributed by atoms with van der Waals surface area (Å²) in [5, 5.41) is 0. The molecule has 1 aliphatic heterocycles. The van der Waals surface area contributed by atoms with Gasteiger partial charge in [0.25, 0.3) is 0 Å². The second-order valence-corrected chi connectivity index (χ2v) is 5.82. The third-order valence-electron chi connectivity index (χ3n) is 3.67. The highest BCUT2D eigenvalue weighted by atomic mass is 79.9. The fourth-order valence-electron chi connectivity index (χ4n) is 2.53. The Hall–Kier alpha value is -0.340. The molecule has 2 heteroatoms. The molecule has 1 heterocycles. The van der Waals surface area contributed by atoms with E-state index in [9.17, 15) is 0 Å². The van der Waals surface area contributed by atoms with E-state index < -0.39 is 0 Å². The number of ether oxygens (including phenoxy) is 1. The SMILES string of the molecule is Brc1ccc(C2CCCOC2)cc1C1CC1. The molecule has 0 bridgehead atoms. The van der Waals surface area contributed by atoms with Crippen molar-refractivity contribution >= 4 is 15.9 Å². The topological polar surface area (TPSA) is 9.23 Å². The zero-order valence-corrected chi connectivity index (χ0v) is 11.0. The van der Waals surface area contributed by atoms with Gasteiger partial charge in [-0.3, -0.25) is 0 Å². The van der Waals surface area contributed by atoms with Gasteiger partial charge in [-0.15, -0.1) is 0 Å². The minimum Gasteiger partial charge on any atom is -0.381 e. The summed E-state index contributed by atoms with van der Waals surface area (Å²) in [4.78, 5) is 0. The van der Waals surface area contributed by atoms with Gasteiger partial charge in [0.2, 0.25) is 0 Å². The van der Waals surface area contributed by atoms with Crippen LogP contribution in [0.25, 0.3) is 0 Å². The predicted molar refractivity (Wildman–Crippen MR) is 68.9 cm³/mol. The normalized spacial score (nSPS) is 25.7. The molecular formula is C14H17BrO. The molecule has 1 atom stereocenters. The second-order valence-electron chi connectivity index (χ2n) is 4.97. The van der Waals surface area contributed by atoms with E-state index in [4.69, 9.17) is 4.74 Å². The van der Waals surface area contributed by atoms with Gasteiger partial charge in [0.05, 0.1) is 6.61 Å². The molecule has 0 amide bonds. The predicted octanol–water partition coefficient (Wildman–Crippen LogP) is 4.22. The Balaban J connectivity index is 1.85. The average molecular weight is 281 g/mol. The van der Waals surface area contributed by atoms with Crippen molar-refractivity contribution in [3.05, 3.63) is 33.8 Å². The fraction of sp³-hybridized carbons (Fsp3) is 0.571. The van der Waals surface area contributed by atoms with Crippen LogP contribution < -0.4 is 0 Å². The van der Waals surface area contributed by atoms with E-state index in [-0.39, 0.29) is 0 Å². The number of hydrogen-bond donors (Lipinski definition) is 0. The van der Waals surface area contributed by atoms with Crippen LogP contribution in [0.2, 0.25) is 0 Å². The van der Waals surface area contributed by atoms with Gasteiger partial charge in [0.1, 0.15) is 0 Å².